The van der Waals surface area contributed by atoms with E-state index in [9.17, 15) is 22.8 Å². The number of rotatable bonds is 7. The van der Waals surface area contributed by atoms with E-state index in [1.807, 2.05) is 24.0 Å². The summed E-state index contributed by atoms with van der Waals surface area (Å²) in [5.41, 5.74) is 6.83. The minimum absolute atomic E-state index is 0.0724. The van der Waals surface area contributed by atoms with Crippen LogP contribution in [0.3, 0.4) is 0 Å². The molecule has 12 heteroatoms. The van der Waals surface area contributed by atoms with Crippen molar-refractivity contribution in [3.8, 4) is 11.5 Å². The molecule has 1 aromatic heterocycles. The number of carbonyl (C=O) groups is 2. The standard InChI is InChI=1S/C31H35F3N6O3/c1-3-38-12-14-39(15-13-38)19-22-4-6-23(16-27(22)31(32,33)34)37-30(42)40-11-9-21-5-7-24(17-26(21)20(40)2)43-25-8-10-36-28(18-25)29(35)41/h4-8,10,16-18,20H,3,9,11-15,19H2,1-2H3,(H2,35,41)(H,37,42)/t20-/m0/s1. The smallest absolute Gasteiger partial charge is 0.416 e. The summed E-state index contributed by atoms with van der Waals surface area (Å²) in [4.78, 5) is 34.6. The number of fused-ring (bicyclic) bond motifs is 1. The topological polar surface area (TPSA) is 104 Å². The fourth-order valence-corrected chi connectivity index (χ4v) is 5.63. The second kappa shape index (κ2) is 12.6. The largest absolute Gasteiger partial charge is 0.457 e. The van der Waals surface area contributed by atoms with Crippen molar-refractivity contribution in [3.05, 3.63) is 82.7 Å². The lowest BCUT2D eigenvalue weighted by Crippen LogP contribution is -2.45. The number of primary amides is 1. The Kier molecular flexibility index (Phi) is 8.88. The van der Waals surface area contributed by atoms with Crippen LogP contribution >= 0.6 is 0 Å². The second-order valence-corrected chi connectivity index (χ2v) is 10.8. The lowest BCUT2D eigenvalue weighted by Gasteiger charge is -2.35. The molecule has 2 aromatic carbocycles. The number of aromatic nitrogens is 1. The zero-order chi connectivity index (χ0) is 30.7. The number of alkyl halides is 3. The summed E-state index contributed by atoms with van der Waals surface area (Å²) in [6.07, 6.45) is -2.55. The summed E-state index contributed by atoms with van der Waals surface area (Å²) >= 11 is 0. The molecule has 0 saturated carbocycles. The summed E-state index contributed by atoms with van der Waals surface area (Å²) in [7, 11) is 0. The van der Waals surface area contributed by atoms with Gasteiger partial charge in [0.1, 0.15) is 17.2 Å². The summed E-state index contributed by atoms with van der Waals surface area (Å²) in [5, 5.41) is 2.69. The molecule has 3 heterocycles. The van der Waals surface area contributed by atoms with Crippen LogP contribution in [0.1, 0.15) is 52.6 Å². The number of piperazine rings is 1. The SMILES string of the molecule is CCN1CCN(Cc2ccc(NC(=O)N3CCc4ccc(Oc5ccnc(C(N)=O)c5)cc4[C@@H]3C)cc2C(F)(F)F)CC1. The van der Waals surface area contributed by atoms with E-state index in [-0.39, 0.29) is 29.5 Å². The van der Waals surface area contributed by atoms with Crippen LogP contribution in [-0.4, -0.2) is 70.9 Å². The number of hydrogen-bond acceptors (Lipinski definition) is 6. The highest BCUT2D eigenvalue weighted by atomic mass is 19.4. The number of benzene rings is 2. The highest BCUT2D eigenvalue weighted by Crippen LogP contribution is 2.36. The molecule has 0 aliphatic carbocycles. The van der Waals surface area contributed by atoms with Gasteiger partial charge in [0.15, 0.2) is 0 Å². The van der Waals surface area contributed by atoms with Gasteiger partial charge in [0.25, 0.3) is 5.91 Å². The van der Waals surface area contributed by atoms with E-state index in [1.165, 1.54) is 24.4 Å². The van der Waals surface area contributed by atoms with Gasteiger partial charge in [-0.1, -0.05) is 19.1 Å². The molecule has 1 fully saturated rings. The number of nitrogens with two attached hydrogens (primary N) is 1. The molecule has 3 aromatic rings. The van der Waals surface area contributed by atoms with E-state index in [2.05, 4.69) is 22.1 Å². The lowest BCUT2D eigenvalue weighted by molar-refractivity contribution is -0.138. The quantitative estimate of drug-likeness (QED) is 0.385. The number of nitrogens with one attached hydrogen (secondary N) is 1. The van der Waals surface area contributed by atoms with Crippen molar-refractivity contribution in [3.63, 3.8) is 0 Å². The van der Waals surface area contributed by atoms with Gasteiger partial charge in [-0.05, 0) is 66.9 Å². The van der Waals surface area contributed by atoms with Gasteiger partial charge in [-0.15, -0.1) is 0 Å². The highest BCUT2D eigenvalue weighted by Gasteiger charge is 2.35. The maximum absolute atomic E-state index is 14.1. The highest BCUT2D eigenvalue weighted by molar-refractivity contribution is 5.91. The molecule has 43 heavy (non-hydrogen) atoms. The molecule has 0 unspecified atom stereocenters. The van der Waals surface area contributed by atoms with Gasteiger partial charge in [-0.2, -0.15) is 13.2 Å². The molecule has 2 aliphatic rings. The molecule has 0 bridgehead atoms. The Balaban J connectivity index is 1.29. The predicted octanol–water partition coefficient (Wildman–Crippen LogP) is 5.28. The first kappa shape index (κ1) is 30.3. The van der Waals surface area contributed by atoms with Gasteiger partial charge < -0.3 is 25.6 Å². The van der Waals surface area contributed by atoms with Crippen LogP contribution in [-0.2, 0) is 19.1 Å². The minimum atomic E-state index is -4.55. The normalized spacial score (nSPS) is 17.8. The molecule has 0 spiro atoms. The first-order valence-electron chi connectivity index (χ1n) is 14.3. The Morgan fingerprint density at radius 1 is 1.00 bits per heavy atom. The van der Waals surface area contributed by atoms with Gasteiger partial charge >= 0.3 is 12.2 Å². The molecule has 5 rings (SSSR count). The Hall–Kier alpha value is -4.16. The number of likely N-dealkylation sites (N-methyl/N-ethyl adjacent to an activating group) is 1. The Morgan fingerprint density at radius 2 is 1.72 bits per heavy atom. The van der Waals surface area contributed by atoms with Crippen molar-refractivity contribution in [2.45, 2.75) is 39.0 Å². The van der Waals surface area contributed by atoms with Crippen LogP contribution in [0.15, 0.2) is 54.7 Å². The van der Waals surface area contributed by atoms with Crippen LogP contribution in [0.5, 0.6) is 11.5 Å². The summed E-state index contributed by atoms with van der Waals surface area (Å²) < 4.78 is 48.2. The second-order valence-electron chi connectivity index (χ2n) is 10.8. The summed E-state index contributed by atoms with van der Waals surface area (Å²) in [6.45, 7) is 8.55. The molecular weight excluding hydrogens is 561 g/mol. The average molecular weight is 597 g/mol. The minimum Gasteiger partial charge on any atom is -0.457 e. The first-order valence-corrected chi connectivity index (χ1v) is 14.3. The zero-order valence-electron chi connectivity index (χ0n) is 24.2. The van der Waals surface area contributed by atoms with E-state index < -0.39 is 23.7 Å². The molecule has 1 atom stereocenters. The number of urea groups is 1. The van der Waals surface area contributed by atoms with Crippen LogP contribution in [0.25, 0.3) is 0 Å². The lowest BCUT2D eigenvalue weighted by atomic mass is 9.93. The van der Waals surface area contributed by atoms with Crippen molar-refractivity contribution in [1.82, 2.24) is 19.7 Å². The fraction of sp³-hybridized carbons (Fsp3) is 0.387. The van der Waals surface area contributed by atoms with Gasteiger partial charge in [0.2, 0.25) is 0 Å². The van der Waals surface area contributed by atoms with E-state index in [4.69, 9.17) is 10.5 Å². The Labute approximate surface area is 248 Å². The molecule has 1 saturated heterocycles. The van der Waals surface area contributed by atoms with Gasteiger partial charge in [0, 0.05) is 57.2 Å². The third-order valence-corrected chi connectivity index (χ3v) is 8.11. The average Bonchev–Trinajstić information content (AvgIpc) is 2.98. The number of carbonyl (C=O) groups excluding carboxylic acids is 2. The molecule has 3 N–H and O–H groups in total. The van der Waals surface area contributed by atoms with E-state index in [0.717, 1.165) is 36.8 Å². The third kappa shape index (κ3) is 7.08. The number of pyridine rings is 1. The number of ether oxygens (including phenoxy) is 1. The number of hydrogen-bond donors (Lipinski definition) is 2. The van der Waals surface area contributed by atoms with Crippen molar-refractivity contribution in [2.75, 3.05) is 44.6 Å². The summed E-state index contributed by atoms with van der Waals surface area (Å²) in [5.74, 6) is 0.207. The van der Waals surface area contributed by atoms with Crippen LogP contribution < -0.4 is 15.8 Å². The third-order valence-electron chi connectivity index (χ3n) is 8.11. The van der Waals surface area contributed by atoms with Gasteiger partial charge in [0.05, 0.1) is 11.6 Å². The van der Waals surface area contributed by atoms with E-state index in [0.29, 0.717) is 37.6 Å². The van der Waals surface area contributed by atoms with Gasteiger partial charge in [-0.3, -0.25) is 14.7 Å². The van der Waals surface area contributed by atoms with Crippen molar-refractivity contribution >= 4 is 17.6 Å². The monoisotopic (exact) mass is 596 g/mol. The Bertz CT molecular complexity index is 1490. The maximum Gasteiger partial charge on any atom is 0.416 e. The van der Waals surface area contributed by atoms with Crippen molar-refractivity contribution in [1.29, 1.82) is 0 Å². The molecule has 3 amide bonds. The molecule has 9 nitrogen and oxygen atoms in total. The van der Waals surface area contributed by atoms with E-state index >= 15 is 0 Å². The predicted molar refractivity (Wildman–Crippen MR) is 156 cm³/mol. The molecule has 228 valence electrons. The summed E-state index contributed by atoms with van der Waals surface area (Å²) in [6, 6.07) is 11.8. The number of amides is 3. The van der Waals surface area contributed by atoms with Crippen LogP contribution in [0.2, 0.25) is 0 Å². The van der Waals surface area contributed by atoms with Crippen molar-refractivity contribution in [2.24, 2.45) is 5.73 Å². The van der Waals surface area contributed by atoms with E-state index in [1.54, 1.807) is 17.0 Å². The number of halogens is 3. The molecule has 2 aliphatic heterocycles. The maximum atomic E-state index is 14.1. The number of nitrogens with zero attached hydrogens (tertiary/aromatic N) is 4. The van der Waals surface area contributed by atoms with Crippen LogP contribution in [0.4, 0.5) is 23.7 Å². The zero-order valence-corrected chi connectivity index (χ0v) is 24.2. The number of anilines is 1. The first-order chi connectivity index (χ1) is 20.5. The van der Waals surface area contributed by atoms with Crippen molar-refractivity contribution < 1.29 is 27.5 Å². The fourth-order valence-electron chi connectivity index (χ4n) is 5.63. The van der Waals surface area contributed by atoms with Gasteiger partial charge in [-0.25, -0.2) is 4.79 Å². The molecule has 0 radical (unpaired) electrons. The Morgan fingerprint density at radius 3 is 2.42 bits per heavy atom. The van der Waals surface area contributed by atoms with Crippen LogP contribution in [0, 0.1) is 0 Å². The molecular formula is C31H35F3N6O3.